The van der Waals surface area contributed by atoms with Gasteiger partial charge in [0, 0.05) is 36.3 Å². The third kappa shape index (κ3) is 8.03. The van der Waals surface area contributed by atoms with Gasteiger partial charge in [-0.2, -0.15) is 0 Å². The molecule has 0 saturated heterocycles. The molecule has 1 aromatic heterocycles. The van der Waals surface area contributed by atoms with Gasteiger partial charge in [0.2, 0.25) is 0 Å². The van der Waals surface area contributed by atoms with Gasteiger partial charge in [-0.1, -0.05) is 29.8 Å². The van der Waals surface area contributed by atoms with Crippen LogP contribution in [0.2, 0.25) is 0 Å². The summed E-state index contributed by atoms with van der Waals surface area (Å²) in [5.74, 6) is 0.747. The second kappa shape index (κ2) is 13.2. The van der Waals surface area contributed by atoms with E-state index < -0.39 is 0 Å². The van der Waals surface area contributed by atoms with Crippen molar-refractivity contribution in [2.24, 2.45) is 0 Å². The predicted octanol–water partition coefficient (Wildman–Crippen LogP) is 5.46. The molecule has 3 aromatic carbocycles. The van der Waals surface area contributed by atoms with Gasteiger partial charge in [0.15, 0.2) is 0 Å². The number of aryl methyl sites for hydroxylation is 1. The molecule has 0 amide bonds. The Hall–Kier alpha value is -4.32. The number of nitrogens with zero attached hydrogens (tertiary/aromatic N) is 1. The van der Waals surface area contributed by atoms with Gasteiger partial charge in [0.1, 0.15) is 12.0 Å². The second-order valence-corrected chi connectivity index (χ2v) is 7.06. The molecule has 170 valence electrons. The van der Waals surface area contributed by atoms with Crippen LogP contribution in [-0.4, -0.2) is 25.4 Å². The quantitative estimate of drug-likeness (QED) is 0.286. The Morgan fingerprint density at radius 1 is 0.879 bits per heavy atom. The molecule has 33 heavy (non-hydrogen) atoms. The first-order chi connectivity index (χ1) is 16.0. The van der Waals surface area contributed by atoms with E-state index in [0.29, 0.717) is 16.9 Å². The number of carbonyl (C=O) groups is 1. The molecule has 6 nitrogen and oxygen atoms in total. The highest BCUT2D eigenvalue weighted by Gasteiger charge is 2.06. The zero-order valence-electron chi connectivity index (χ0n) is 19.2. The van der Waals surface area contributed by atoms with Crippen LogP contribution in [0.25, 0.3) is 11.1 Å². The summed E-state index contributed by atoms with van der Waals surface area (Å²) in [6.07, 6.45) is 4.24. The Morgan fingerprint density at radius 2 is 1.48 bits per heavy atom. The summed E-state index contributed by atoms with van der Waals surface area (Å²) in [5, 5.41) is 3.05. The number of aromatic nitrogens is 1. The molecule has 6 heteroatoms. The lowest BCUT2D eigenvalue weighted by atomic mass is 10.0. The molecule has 0 unspecified atom stereocenters. The fourth-order valence-electron chi connectivity index (χ4n) is 2.79. The van der Waals surface area contributed by atoms with E-state index in [0.717, 1.165) is 23.2 Å². The lowest BCUT2D eigenvalue weighted by Crippen LogP contribution is -1.91. The average Bonchev–Trinajstić information content (AvgIpc) is 2.87. The van der Waals surface area contributed by atoms with Crippen molar-refractivity contribution in [2.45, 2.75) is 6.92 Å². The molecule has 0 saturated carbocycles. The van der Waals surface area contributed by atoms with Crippen molar-refractivity contribution >= 4 is 23.3 Å². The average molecular weight is 443 g/mol. The second-order valence-electron chi connectivity index (χ2n) is 7.06. The van der Waals surface area contributed by atoms with Crippen LogP contribution in [0.5, 0.6) is 5.75 Å². The van der Waals surface area contributed by atoms with Crippen molar-refractivity contribution in [3.8, 4) is 16.9 Å². The minimum absolute atomic E-state index is 0.632. The van der Waals surface area contributed by atoms with Crippen molar-refractivity contribution in [3.05, 3.63) is 102 Å². The van der Waals surface area contributed by atoms with Crippen LogP contribution >= 0.6 is 0 Å². The smallest absolute Gasteiger partial charge is 0.150 e. The van der Waals surface area contributed by atoms with E-state index in [1.165, 1.54) is 11.3 Å². The number of hydrogen-bond donors (Lipinski definition) is 3. The summed E-state index contributed by atoms with van der Waals surface area (Å²) < 4.78 is 5.26. The Kier molecular flexibility index (Phi) is 9.95. The number of benzene rings is 3. The first kappa shape index (κ1) is 24.9. The number of nitrogens with one attached hydrogen (secondary N) is 1. The monoisotopic (exact) mass is 442 g/mol. The lowest BCUT2D eigenvalue weighted by molar-refractivity contribution is 0.112. The van der Waals surface area contributed by atoms with E-state index >= 15 is 0 Å². The van der Waals surface area contributed by atoms with Crippen LogP contribution in [0, 0.1) is 6.92 Å². The molecule has 0 atom stereocenters. The molecule has 0 aliphatic heterocycles. The zero-order valence-corrected chi connectivity index (χ0v) is 19.2. The molecule has 4 rings (SSSR count). The number of rotatable bonds is 4. The number of aldehydes is 1. The maximum atomic E-state index is 10.7. The van der Waals surface area contributed by atoms with Crippen LogP contribution in [-0.2, 0) is 0 Å². The first-order valence-corrected chi connectivity index (χ1v) is 10.4. The Morgan fingerprint density at radius 3 is 1.97 bits per heavy atom. The van der Waals surface area contributed by atoms with Crippen LogP contribution in [0.4, 0.5) is 17.1 Å². The molecule has 5 N–H and O–H groups in total. The number of pyridine rings is 1. The largest absolute Gasteiger partial charge is 0.496 e. The summed E-state index contributed by atoms with van der Waals surface area (Å²) >= 11 is 0. The molecule has 0 aliphatic carbocycles. The zero-order chi connectivity index (χ0) is 24.1. The van der Waals surface area contributed by atoms with E-state index in [1.807, 2.05) is 31.3 Å². The normalized spacial score (nSPS) is 9.42. The van der Waals surface area contributed by atoms with Crippen molar-refractivity contribution in [2.75, 3.05) is 30.9 Å². The summed E-state index contributed by atoms with van der Waals surface area (Å²) in [6, 6.07) is 24.7. The summed E-state index contributed by atoms with van der Waals surface area (Å²) in [6.45, 7) is 2.08. The van der Waals surface area contributed by atoms with Gasteiger partial charge in [-0.3, -0.25) is 9.78 Å². The van der Waals surface area contributed by atoms with E-state index in [-0.39, 0.29) is 0 Å². The van der Waals surface area contributed by atoms with Crippen LogP contribution in [0.3, 0.4) is 0 Å². The van der Waals surface area contributed by atoms with Gasteiger partial charge < -0.3 is 21.5 Å². The van der Waals surface area contributed by atoms with Gasteiger partial charge in [-0.15, -0.1) is 0 Å². The molecule has 1 heterocycles. The van der Waals surface area contributed by atoms with Crippen molar-refractivity contribution in [1.82, 2.24) is 4.98 Å². The highest BCUT2D eigenvalue weighted by atomic mass is 16.5. The Bertz CT molecular complexity index is 1110. The van der Waals surface area contributed by atoms with Crippen molar-refractivity contribution < 1.29 is 9.53 Å². The molecule has 0 spiro atoms. The molecule has 4 aromatic rings. The number of anilines is 3. The number of nitrogens with two attached hydrogens (primary N) is 2. The number of carbonyl (C=O) groups excluding carboxylic acids is 1. The molecule has 0 bridgehead atoms. The number of methoxy groups -OCH3 is 1. The lowest BCUT2D eigenvalue weighted by Gasteiger charge is -2.08. The Balaban J connectivity index is 0.000000192. The highest BCUT2D eigenvalue weighted by molar-refractivity contribution is 5.81. The van der Waals surface area contributed by atoms with E-state index in [2.05, 4.69) is 41.5 Å². The van der Waals surface area contributed by atoms with E-state index in [9.17, 15) is 4.79 Å². The van der Waals surface area contributed by atoms with Gasteiger partial charge in [0.05, 0.1) is 18.5 Å². The van der Waals surface area contributed by atoms with E-state index in [1.54, 1.807) is 49.8 Å². The van der Waals surface area contributed by atoms with Crippen LogP contribution in [0.15, 0.2) is 91.3 Å². The molecule has 0 aliphatic rings. The van der Waals surface area contributed by atoms with Crippen LogP contribution in [0.1, 0.15) is 15.9 Å². The molecule has 0 radical (unpaired) electrons. The van der Waals surface area contributed by atoms with Crippen LogP contribution < -0.4 is 21.5 Å². The maximum absolute atomic E-state index is 10.7. The van der Waals surface area contributed by atoms with Gasteiger partial charge in [-0.05, 0) is 67.1 Å². The number of nitrogen functional groups attached to an aromatic ring is 2. The SMILES string of the molecule is CNc1ccc(C)cc1.COc1ccc(C=O)cc1-c1ccncc1.Nc1ccccc1N. The number of para-hydroxylation sites is 2. The Labute approximate surface area is 195 Å². The molecular weight excluding hydrogens is 412 g/mol. The summed E-state index contributed by atoms with van der Waals surface area (Å²) in [5.41, 5.74) is 17.1. The fourth-order valence-corrected chi connectivity index (χ4v) is 2.79. The van der Waals surface area contributed by atoms with Gasteiger partial charge in [-0.25, -0.2) is 0 Å². The topological polar surface area (TPSA) is 103 Å². The standard InChI is InChI=1S/C13H11NO2.C8H11N.C6H8N2/c1-16-13-3-2-10(9-15)8-12(13)11-4-6-14-7-5-11;1-7-3-5-8(9-2)6-4-7;7-5-3-1-2-4-6(5)8/h2-9H,1H3;3-6,9H,1-2H3;1-4H,7-8H2. The predicted molar refractivity (Wildman–Crippen MR) is 138 cm³/mol. The maximum Gasteiger partial charge on any atom is 0.150 e. The third-order valence-electron chi connectivity index (χ3n) is 4.69. The fraction of sp³-hybridized carbons (Fsp3) is 0.111. The number of ether oxygens (including phenoxy) is 1. The minimum atomic E-state index is 0.632. The molecular formula is C27H30N4O2. The first-order valence-electron chi connectivity index (χ1n) is 10.4. The minimum Gasteiger partial charge on any atom is -0.496 e. The third-order valence-corrected chi connectivity index (χ3v) is 4.69. The summed E-state index contributed by atoms with van der Waals surface area (Å²) in [4.78, 5) is 14.7. The molecule has 0 fully saturated rings. The van der Waals surface area contributed by atoms with Gasteiger partial charge >= 0.3 is 0 Å². The van der Waals surface area contributed by atoms with E-state index in [4.69, 9.17) is 16.2 Å². The highest BCUT2D eigenvalue weighted by Crippen LogP contribution is 2.29. The number of hydrogen-bond acceptors (Lipinski definition) is 6. The van der Waals surface area contributed by atoms with Gasteiger partial charge in [0.25, 0.3) is 0 Å². The summed E-state index contributed by atoms with van der Waals surface area (Å²) in [7, 11) is 3.53. The van der Waals surface area contributed by atoms with Crippen molar-refractivity contribution in [3.63, 3.8) is 0 Å². The van der Waals surface area contributed by atoms with Crippen molar-refractivity contribution in [1.29, 1.82) is 0 Å².